The largest absolute Gasteiger partial charge is 0.382 e. The number of hydrogen-bond acceptors (Lipinski definition) is 3. The smallest absolute Gasteiger partial charge is 0.267 e. The number of carbonyl (C=O) groups is 1. The third-order valence-electron chi connectivity index (χ3n) is 4.33. The van der Waals surface area contributed by atoms with Gasteiger partial charge in [-0.3, -0.25) is 4.79 Å². The molecule has 0 radical (unpaired) electrons. The average molecular weight is 326 g/mol. The molecule has 1 amide bonds. The zero-order chi connectivity index (χ0) is 17.1. The van der Waals surface area contributed by atoms with Crippen LogP contribution in [0.25, 0.3) is 0 Å². The van der Waals surface area contributed by atoms with E-state index >= 15 is 0 Å². The molecule has 5 heteroatoms. The van der Waals surface area contributed by atoms with Crippen molar-refractivity contribution in [1.29, 1.82) is 0 Å². The van der Waals surface area contributed by atoms with Crippen molar-refractivity contribution >= 4 is 11.6 Å². The van der Waals surface area contributed by atoms with E-state index in [4.69, 9.17) is 4.84 Å². The van der Waals surface area contributed by atoms with Crippen LogP contribution in [0.1, 0.15) is 30.5 Å². The monoisotopic (exact) mass is 326 g/mol. The molecular weight excluding hydrogens is 307 g/mol. The summed E-state index contributed by atoms with van der Waals surface area (Å²) in [6.07, 6.45) is -0.170. The zero-order valence-electron chi connectivity index (χ0n) is 13.6. The summed E-state index contributed by atoms with van der Waals surface area (Å²) in [5.41, 5.74) is 2.60. The molecule has 0 spiro atoms. The Labute approximate surface area is 140 Å². The quantitative estimate of drug-likeness (QED) is 0.862. The highest BCUT2D eigenvalue weighted by atomic mass is 19.1. The van der Waals surface area contributed by atoms with Gasteiger partial charge in [-0.1, -0.05) is 47.6 Å². The third-order valence-corrected chi connectivity index (χ3v) is 4.33. The SMILES string of the molecule is CC(c1ccc(F)cc1)N(C)C(=O)C1CC(c2ccccc2)=NO1. The minimum absolute atomic E-state index is 0.137. The van der Waals surface area contributed by atoms with Crippen LogP contribution in [0.4, 0.5) is 4.39 Å². The summed E-state index contributed by atoms with van der Waals surface area (Å²) in [5.74, 6) is -0.429. The molecule has 2 aromatic rings. The van der Waals surface area contributed by atoms with Gasteiger partial charge in [0.05, 0.1) is 11.8 Å². The molecule has 0 bridgehead atoms. The maximum atomic E-state index is 13.0. The van der Waals surface area contributed by atoms with Gasteiger partial charge in [-0.05, 0) is 30.2 Å². The minimum atomic E-state index is -0.617. The number of rotatable bonds is 4. The summed E-state index contributed by atoms with van der Waals surface area (Å²) >= 11 is 0. The molecule has 0 saturated heterocycles. The first-order valence-corrected chi connectivity index (χ1v) is 7.86. The molecule has 0 aromatic heterocycles. The number of carbonyl (C=O) groups excluding carboxylic acids is 1. The highest BCUT2D eigenvalue weighted by molar-refractivity contribution is 6.04. The second kappa shape index (κ2) is 6.83. The highest BCUT2D eigenvalue weighted by Crippen LogP contribution is 2.23. The van der Waals surface area contributed by atoms with Crippen LogP contribution in [0, 0.1) is 5.82 Å². The molecule has 4 nitrogen and oxygen atoms in total. The summed E-state index contributed by atoms with van der Waals surface area (Å²) in [5, 5.41) is 4.05. The van der Waals surface area contributed by atoms with Gasteiger partial charge in [0, 0.05) is 13.5 Å². The molecule has 2 unspecified atom stereocenters. The number of likely N-dealkylation sites (N-methyl/N-ethyl adjacent to an activating group) is 1. The van der Waals surface area contributed by atoms with Crippen LogP contribution < -0.4 is 0 Å². The van der Waals surface area contributed by atoms with E-state index in [0.717, 1.165) is 16.8 Å². The van der Waals surface area contributed by atoms with E-state index in [-0.39, 0.29) is 17.8 Å². The lowest BCUT2D eigenvalue weighted by Crippen LogP contribution is -2.38. The normalized spacial score (nSPS) is 17.8. The van der Waals surface area contributed by atoms with Crippen LogP contribution in [0.3, 0.4) is 0 Å². The molecule has 24 heavy (non-hydrogen) atoms. The second-order valence-corrected chi connectivity index (χ2v) is 5.88. The van der Waals surface area contributed by atoms with E-state index in [1.165, 1.54) is 12.1 Å². The molecule has 0 fully saturated rings. The maximum absolute atomic E-state index is 13.0. The lowest BCUT2D eigenvalue weighted by molar-refractivity contribution is -0.142. The van der Waals surface area contributed by atoms with Crippen molar-refractivity contribution < 1.29 is 14.0 Å². The Morgan fingerprint density at radius 3 is 2.54 bits per heavy atom. The van der Waals surface area contributed by atoms with E-state index in [2.05, 4.69) is 5.16 Å². The van der Waals surface area contributed by atoms with Crippen LogP contribution >= 0.6 is 0 Å². The average Bonchev–Trinajstić information content (AvgIpc) is 3.11. The van der Waals surface area contributed by atoms with E-state index in [9.17, 15) is 9.18 Å². The van der Waals surface area contributed by atoms with Gasteiger partial charge in [0.15, 0.2) is 0 Å². The third kappa shape index (κ3) is 3.30. The van der Waals surface area contributed by atoms with E-state index in [0.29, 0.717) is 6.42 Å². The van der Waals surface area contributed by atoms with E-state index < -0.39 is 6.10 Å². The van der Waals surface area contributed by atoms with Gasteiger partial charge in [0.2, 0.25) is 6.10 Å². The highest BCUT2D eigenvalue weighted by Gasteiger charge is 2.32. The van der Waals surface area contributed by atoms with E-state index in [1.807, 2.05) is 37.3 Å². The van der Waals surface area contributed by atoms with Crippen LogP contribution in [0.15, 0.2) is 59.8 Å². The molecule has 0 N–H and O–H groups in total. The maximum Gasteiger partial charge on any atom is 0.267 e. The van der Waals surface area contributed by atoms with Gasteiger partial charge in [-0.15, -0.1) is 0 Å². The Kier molecular flexibility index (Phi) is 4.60. The van der Waals surface area contributed by atoms with Crippen molar-refractivity contribution in [3.8, 4) is 0 Å². The van der Waals surface area contributed by atoms with Gasteiger partial charge in [-0.25, -0.2) is 4.39 Å². The molecule has 2 aromatic carbocycles. The van der Waals surface area contributed by atoms with Crippen molar-refractivity contribution in [3.63, 3.8) is 0 Å². The fraction of sp³-hybridized carbons (Fsp3) is 0.263. The molecular formula is C19H19FN2O2. The van der Waals surface area contributed by atoms with Crippen molar-refractivity contribution in [2.45, 2.75) is 25.5 Å². The second-order valence-electron chi connectivity index (χ2n) is 5.88. The first-order valence-electron chi connectivity index (χ1n) is 7.86. The zero-order valence-corrected chi connectivity index (χ0v) is 13.6. The Morgan fingerprint density at radius 1 is 1.21 bits per heavy atom. The first kappa shape index (κ1) is 16.2. The van der Waals surface area contributed by atoms with Gasteiger partial charge >= 0.3 is 0 Å². The summed E-state index contributed by atoms with van der Waals surface area (Å²) in [4.78, 5) is 19.6. The summed E-state index contributed by atoms with van der Waals surface area (Å²) in [6, 6.07) is 15.7. The number of oxime groups is 1. The predicted molar refractivity (Wildman–Crippen MR) is 90.1 cm³/mol. The Bertz CT molecular complexity index is 744. The van der Waals surface area contributed by atoms with Crippen molar-refractivity contribution in [2.24, 2.45) is 5.16 Å². The lowest BCUT2D eigenvalue weighted by atomic mass is 10.0. The summed E-state index contributed by atoms with van der Waals surface area (Å²) in [7, 11) is 1.72. The predicted octanol–water partition coefficient (Wildman–Crippen LogP) is 3.54. The van der Waals surface area contributed by atoms with Crippen molar-refractivity contribution in [1.82, 2.24) is 4.90 Å². The summed E-state index contributed by atoms with van der Waals surface area (Å²) < 4.78 is 13.0. The Hall–Kier alpha value is -2.69. The number of nitrogens with zero attached hydrogens (tertiary/aromatic N) is 2. The molecule has 3 rings (SSSR count). The Morgan fingerprint density at radius 2 is 1.88 bits per heavy atom. The molecule has 1 heterocycles. The van der Waals surface area contributed by atoms with Crippen LogP contribution in [0.2, 0.25) is 0 Å². The van der Waals surface area contributed by atoms with Crippen molar-refractivity contribution in [2.75, 3.05) is 7.05 Å². The molecule has 1 aliphatic rings. The number of amides is 1. The lowest BCUT2D eigenvalue weighted by Gasteiger charge is -2.27. The summed E-state index contributed by atoms with van der Waals surface area (Å²) in [6.45, 7) is 1.90. The fourth-order valence-corrected chi connectivity index (χ4v) is 2.69. The van der Waals surface area contributed by atoms with Crippen LogP contribution in [0.5, 0.6) is 0 Å². The van der Waals surface area contributed by atoms with Gasteiger partial charge < -0.3 is 9.74 Å². The van der Waals surface area contributed by atoms with Crippen LogP contribution in [-0.2, 0) is 9.63 Å². The number of benzene rings is 2. The van der Waals surface area contributed by atoms with Gasteiger partial charge in [-0.2, -0.15) is 0 Å². The Balaban J connectivity index is 1.66. The molecule has 0 saturated carbocycles. The molecule has 0 aliphatic carbocycles. The fourth-order valence-electron chi connectivity index (χ4n) is 2.69. The number of halogens is 1. The van der Waals surface area contributed by atoms with Crippen LogP contribution in [-0.4, -0.2) is 29.7 Å². The molecule has 2 atom stereocenters. The van der Waals surface area contributed by atoms with Crippen molar-refractivity contribution in [3.05, 3.63) is 71.5 Å². The standard InChI is InChI=1S/C19H19FN2O2/c1-13(14-8-10-16(20)11-9-14)22(2)19(23)18-12-17(21-24-18)15-6-4-3-5-7-15/h3-11,13,18H,12H2,1-2H3. The first-order chi connectivity index (χ1) is 11.6. The molecule has 124 valence electrons. The van der Waals surface area contributed by atoms with E-state index in [1.54, 1.807) is 24.1 Å². The molecule has 1 aliphatic heterocycles. The number of hydrogen-bond donors (Lipinski definition) is 0. The van der Waals surface area contributed by atoms with Gasteiger partial charge in [0.25, 0.3) is 5.91 Å². The topological polar surface area (TPSA) is 41.9 Å². The van der Waals surface area contributed by atoms with Gasteiger partial charge in [0.1, 0.15) is 5.82 Å². The minimum Gasteiger partial charge on any atom is -0.382 e.